The molecular weight excluding hydrogens is 442 g/mol. The first-order valence-electron chi connectivity index (χ1n) is 8.98. The van der Waals surface area contributed by atoms with E-state index in [2.05, 4.69) is 4.98 Å². The lowest BCUT2D eigenvalue weighted by atomic mass is 10.0. The highest BCUT2D eigenvalue weighted by molar-refractivity contribution is 6.35. The lowest BCUT2D eigenvalue weighted by molar-refractivity contribution is -0.394. The van der Waals surface area contributed by atoms with Gasteiger partial charge >= 0.3 is 5.97 Å². The first-order chi connectivity index (χ1) is 15.3. The SMILES string of the molecule is O=C(OCc1ccccc1)/C(=C(/O)c1cc([N+](=O)[O-])cc([N+](=O)[O-])c1Cl)c1ccccn1. The average Bonchev–Trinajstić information content (AvgIpc) is 2.79. The fourth-order valence-electron chi connectivity index (χ4n) is 2.77. The highest BCUT2D eigenvalue weighted by atomic mass is 35.5. The fraction of sp³-hybridized carbons (Fsp3) is 0.0476. The lowest BCUT2D eigenvalue weighted by Crippen LogP contribution is -2.11. The molecule has 0 atom stereocenters. The summed E-state index contributed by atoms with van der Waals surface area (Å²) in [6.07, 6.45) is 1.35. The van der Waals surface area contributed by atoms with Crippen LogP contribution in [0.5, 0.6) is 0 Å². The lowest BCUT2D eigenvalue weighted by Gasteiger charge is -2.12. The molecule has 10 nitrogen and oxygen atoms in total. The molecule has 0 spiro atoms. The second-order valence-electron chi connectivity index (χ2n) is 6.34. The van der Waals surface area contributed by atoms with Gasteiger partial charge in [0.25, 0.3) is 11.4 Å². The number of carbonyl (C=O) groups is 1. The third kappa shape index (κ3) is 4.87. The third-order valence-electron chi connectivity index (χ3n) is 4.28. The molecular formula is C21H14ClN3O7. The molecule has 0 saturated carbocycles. The number of hydrogen-bond acceptors (Lipinski definition) is 8. The van der Waals surface area contributed by atoms with Crippen LogP contribution in [0.4, 0.5) is 11.4 Å². The summed E-state index contributed by atoms with van der Waals surface area (Å²) >= 11 is 6.05. The van der Waals surface area contributed by atoms with Crippen LogP contribution < -0.4 is 0 Å². The molecule has 32 heavy (non-hydrogen) atoms. The van der Waals surface area contributed by atoms with Crippen molar-refractivity contribution in [1.82, 2.24) is 4.98 Å². The van der Waals surface area contributed by atoms with E-state index in [9.17, 15) is 30.1 Å². The smallest absolute Gasteiger partial charge is 0.344 e. The number of carbonyl (C=O) groups excluding carboxylic acids is 1. The summed E-state index contributed by atoms with van der Waals surface area (Å²) in [4.78, 5) is 37.6. The molecule has 1 aromatic heterocycles. The molecule has 0 amide bonds. The standard InChI is InChI=1S/C21H14ClN3O7/c22-19-15(10-14(24(28)29)11-17(19)25(30)31)20(26)18(16-8-4-5-9-23-16)21(27)32-12-13-6-2-1-3-7-13/h1-11,26H,12H2/b20-18+. The summed E-state index contributed by atoms with van der Waals surface area (Å²) in [6.45, 7) is -0.133. The van der Waals surface area contributed by atoms with Crippen molar-refractivity contribution in [3.05, 3.63) is 109 Å². The molecule has 0 bridgehead atoms. The second-order valence-corrected chi connectivity index (χ2v) is 6.72. The first kappa shape index (κ1) is 22.4. The number of esters is 1. The minimum Gasteiger partial charge on any atom is -0.506 e. The minimum atomic E-state index is -1.00. The summed E-state index contributed by atoms with van der Waals surface area (Å²) < 4.78 is 5.27. The van der Waals surface area contributed by atoms with Crippen LogP contribution in [-0.4, -0.2) is 25.9 Å². The normalized spacial score (nSPS) is 11.4. The van der Waals surface area contributed by atoms with Gasteiger partial charge < -0.3 is 9.84 Å². The summed E-state index contributed by atoms with van der Waals surface area (Å²) in [5.41, 5.74) is -1.79. The van der Waals surface area contributed by atoms with Crippen molar-refractivity contribution in [1.29, 1.82) is 0 Å². The number of nitro groups is 2. The Kier molecular flexibility index (Phi) is 6.76. The van der Waals surface area contributed by atoms with Gasteiger partial charge in [-0.25, -0.2) is 4.79 Å². The molecule has 3 rings (SSSR count). The van der Waals surface area contributed by atoms with E-state index in [1.54, 1.807) is 36.4 Å². The van der Waals surface area contributed by atoms with Gasteiger partial charge in [-0.15, -0.1) is 0 Å². The molecule has 0 saturated heterocycles. The molecule has 1 N–H and O–H groups in total. The predicted octanol–water partition coefficient (Wildman–Crippen LogP) is 4.72. The van der Waals surface area contributed by atoms with Crippen LogP contribution >= 0.6 is 11.6 Å². The van der Waals surface area contributed by atoms with Gasteiger partial charge in [-0.05, 0) is 17.7 Å². The molecule has 0 aliphatic heterocycles. The summed E-state index contributed by atoms with van der Waals surface area (Å²) in [6, 6.07) is 14.7. The topological polar surface area (TPSA) is 146 Å². The van der Waals surface area contributed by atoms with Crippen LogP contribution in [0.1, 0.15) is 16.8 Å². The second kappa shape index (κ2) is 9.67. The number of halogens is 1. The zero-order valence-electron chi connectivity index (χ0n) is 16.2. The summed E-state index contributed by atoms with van der Waals surface area (Å²) in [7, 11) is 0. The third-order valence-corrected chi connectivity index (χ3v) is 4.67. The van der Waals surface area contributed by atoms with Crippen LogP contribution in [0.2, 0.25) is 5.02 Å². The highest BCUT2D eigenvalue weighted by Gasteiger charge is 2.29. The number of aromatic nitrogens is 1. The molecule has 0 aliphatic carbocycles. The van der Waals surface area contributed by atoms with Gasteiger partial charge in [-0.3, -0.25) is 25.2 Å². The first-order valence-corrected chi connectivity index (χ1v) is 9.35. The van der Waals surface area contributed by atoms with Gasteiger partial charge in [-0.2, -0.15) is 0 Å². The number of non-ortho nitro benzene ring substituents is 1. The van der Waals surface area contributed by atoms with Gasteiger partial charge in [0.2, 0.25) is 0 Å². The number of benzene rings is 2. The maximum atomic E-state index is 12.9. The molecule has 0 fully saturated rings. The number of hydrogen-bond donors (Lipinski definition) is 1. The van der Waals surface area contributed by atoms with Crippen molar-refractivity contribution in [3.8, 4) is 0 Å². The Hall–Kier alpha value is -4.31. The molecule has 2 aromatic carbocycles. The predicted molar refractivity (Wildman–Crippen MR) is 115 cm³/mol. The van der Waals surface area contributed by atoms with Crippen molar-refractivity contribution in [2.45, 2.75) is 6.61 Å². The Bertz CT molecular complexity index is 1210. The number of pyridine rings is 1. The van der Waals surface area contributed by atoms with E-state index < -0.39 is 49.1 Å². The van der Waals surface area contributed by atoms with E-state index in [-0.39, 0.29) is 12.3 Å². The van der Waals surface area contributed by atoms with Crippen molar-refractivity contribution in [3.63, 3.8) is 0 Å². The van der Waals surface area contributed by atoms with Crippen LogP contribution in [0, 0.1) is 20.2 Å². The van der Waals surface area contributed by atoms with E-state index in [0.29, 0.717) is 11.6 Å². The molecule has 162 valence electrons. The fourth-order valence-corrected chi connectivity index (χ4v) is 3.04. The number of ether oxygens (including phenoxy) is 1. The highest BCUT2D eigenvalue weighted by Crippen LogP contribution is 2.38. The Morgan fingerprint density at radius 1 is 1.03 bits per heavy atom. The maximum absolute atomic E-state index is 12.9. The number of rotatable bonds is 7. The van der Waals surface area contributed by atoms with Crippen LogP contribution in [0.15, 0.2) is 66.9 Å². The number of aliphatic hydroxyl groups excluding tert-OH is 1. The van der Waals surface area contributed by atoms with Crippen molar-refractivity contribution < 1.29 is 24.5 Å². The quantitative estimate of drug-likeness (QED) is 0.177. The van der Waals surface area contributed by atoms with Crippen molar-refractivity contribution in [2.24, 2.45) is 0 Å². The molecule has 0 aliphatic rings. The Morgan fingerprint density at radius 2 is 1.72 bits per heavy atom. The van der Waals surface area contributed by atoms with Crippen LogP contribution in [0.25, 0.3) is 11.3 Å². The monoisotopic (exact) mass is 455 g/mol. The molecule has 0 radical (unpaired) electrons. The molecule has 1 heterocycles. The van der Waals surface area contributed by atoms with Gasteiger partial charge in [0.15, 0.2) is 0 Å². The Labute approximate surface area is 185 Å². The van der Waals surface area contributed by atoms with Crippen LogP contribution in [-0.2, 0) is 16.1 Å². The van der Waals surface area contributed by atoms with E-state index in [4.69, 9.17) is 16.3 Å². The van der Waals surface area contributed by atoms with Crippen LogP contribution in [0.3, 0.4) is 0 Å². The number of nitrogens with zero attached hydrogens (tertiary/aromatic N) is 3. The van der Waals surface area contributed by atoms with Gasteiger partial charge in [0.1, 0.15) is 23.0 Å². The van der Waals surface area contributed by atoms with Gasteiger partial charge in [-0.1, -0.05) is 48.0 Å². The van der Waals surface area contributed by atoms with E-state index in [1.165, 1.54) is 18.3 Å². The van der Waals surface area contributed by atoms with E-state index in [0.717, 1.165) is 6.07 Å². The Morgan fingerprint density at radius 3 is 2.31 bits per heavy atom. The summed E-state index contributed by atoms with van der Waals surface area (Å²) in [5, 5.41) is 32.9. The molecule has 11 heteroatoms. The average molecular weight is 456 g/mol. The van der Waals surface area contributed by atoms with E-state index >= 15 is 0 Å². The molecule has 3 aromatic rings. The molecule has 0 unspecified atom stereocenters. The summed E-state index contributed by atoms with van der Waals surface area (Å²) in [5.74, 6) is -1.85. The van der Waals surface area contributed by atoms with Crippen molar-refractivity contribution >= 4 is 40.3 Å². The van der Waals surface area contributed by atoms with Crippen molar-refractivity contribution in [2.75, 3.05) is 0 Å². The Balaban J connectivity index is 2.15. The van der Waals surface area contributed by atoms with E-state index in [1.807, 2.05) is 0 Å². The number of nitro benzene ring substituents is 2. The zero-order valence-corrected chi connectivity index (χ0v) is 16.9. The maximum Gasteiger partial charge on any atom is 0.344 e. The zero-order chi connectivity index (χ0) is 23.3. The minimum absolute atomic E-state index is 0.0201. The largest absolute Gasteiger partial charge is 0.506 e. The van der Waals surface area contributed by atoms with Gasteiger partial charge in [0, 0.05) is 17.8 Å². The van der Waals surface area contributed by atoms with Gasteiger partial charge in [0.05, 0.1) is 21.6 Å². The number of aliphatic hydroxyl groups is 1.